The smallest absolute Gasteiger partial charge is 0.225 e. The maximum atomic E-state index is 4.81. The highest BCUT2D eigenvalue weighted by molar-refractivity contribution is 7.07. The van der Waals surface area contributed by atoms with Crippen molar-refractivity contribution in [2.45, 2.75) is 58.5 Å². The summed E-state index contributed by atoms with van der Waals surface area (Å²) in [5.41, 5.74) is 3.62. The van der Waals surface area contributed by atoms with Crippen molar-refractivity contribution in [3.05, 3.63) is 39.8 Å². The third kappa shape index (κ3) is 4.54. The Balaban J connectivity index is 1.64. The molecular formula is C19H28N4S. The Morgan fingerprint density at radius 1 is 1.21 bits per heavy atom. The van der Waals surface area contributed by atoms with Crippen molar-refractivity contribution < 1.29 is 0 Å². The zero-order valence-corrected chi connectivity index (χ0v) is 15.6. The van der Waals surface area contributed by atoms with Gasteiger partial charge in [0.1, 0.15) is 0 Å². The molecule has 0 unspecified atom stereocenters. The molecule has 3 heterocycles. The second kappa shape index (κ2) is 8.58. The molecular weight excluding hydrogens is 316 g/mol. The molecule has 4 nitrogen and oxygen atoms in total. The van der Waals surface area contributed by atoms with Crippen molar-refractivity contribution in [2.24, 2.45) is 0 Å². The van der Waals surface area contributed by atoms with Gasteiger partial charge in [-0.25, -0.2) is 9.97 Å². The Hall–Kier alpha value is -1.46. The summed E-state index contributed by atoms with van der Waals surface area (Å²) in [7, 11) is 0. The van der Waals surface area contributed by atoms with E-state index in [2.05, 4.69) is 45.9 Å². The predicted molar refractivity (Wildman–Crippen MR) is 102 cm³/mol. The second-order valence-electron chi connectivity index (χ2n) is 6.70. The number of hydrogen-bond donors (Lipinski definition) is 1. The minimum atomic E-state index is 0.256. The number of hydrogen-bond acceptors (Lipinski definition) is 5. The summed E-state index contributed by atoms with van der Waals surface area (Å²) in [4.78, 5) is 11.9. The molecule has 130 valence electrons. The van der Waals surface area contributed by atoms with Crippen LogP contribution in [0.25, 0.3) is 0 Å². The van der Waals surface area contributed by atoms with Crippen LogP contribution < -0.4 is 10.2 Å². The molecule has 1 saturated heterocycles. The van der Waals surface area contributed by atoms with Crippen LogP contribution in [0.3, 0.4) is 0 Å². The Morgan fingerprint density at radius 3 is 2.62 bits per heavy atom. The van der Waals surface area contributed by atoms with E-state index in [0.29, 0.717) is 0 Å². The molecule has 1 atom stereocenters. The van der Waals surface area contributed by atoms with E-state index in [0.717, 1.165) is 31.3 Å². The molecule has 1 aliphatic heterocycles. The van der Waals surface area contributed by atoms with Crippen LogP contribution in [0.15, 0.2) is 23.0 Å². The van der Waals surface area contributed by atoms with Crippen LogP contribution in [0, 0.1) is 6.92 Å². The molecule has 0 amide bonds. The van der Waals surface area contributed by atoms with Gasteiger partial charge in [-0.05, 0) is 49.1 Å². The molecule has 2 aromatic heterocycles. The van der Waals surface area contributed by atoms with E-state index in [1.165, 1.54) is 43.2 Å². The van der Waals surface area contributed by atoms with Crippen molar-refractivity contribution in [3.8, 4) is 0 Å². The van der Waals surface area contributed by atoms with Gasteiger partial charge in [-0.15, -0.1) is 0 Å². The lowest BCUT2D eigenvalue weighted by Gasteiger charge is -2.25. The summed E-state index contributed by atoms with van der Waals surface area (Å²) >= 11 is 1.74. The summed E-state index contributed by atoms with van der Waals surface area (Å²) in [6, 6.07) is 2.42. The van der Waals surface area contributed by atoms with Crippen molar-refractivity contribution >= 4 is 17.3 Å². The molecule has 3 rings (SSSR count). The van der Waals surface area contributed by atoms with Crippen LogP contribution in [0.1, 0.15) is 61.9 Å². The van der Waals surface area contributed by atoms with Gasteiger partial charge >= 0.3 is 0 Å². The van der Waals surface area contributed by atoms with Crippen LogP contribution in [-0.2, 0) is 6.54 Å². The first kappa shape index (κ1) is 17.4. The van der Waals surface area contributed by atoms with Gasteiger partial charge in [-0.2, -0.15) is 11.3 Å². The molecule has 2 aromatic rings. The van der Waals surface area contributed by atoms with Gasteiger partial charge in [0, 0.05) is 43.1 Å². The van der Waals surface area contributed by atoms with Gasteiger partial charge in [0.05, 0.1) is 0 Å². The monoisotopic (exact) mass is 344 g/mol. The van der Waals surface area contributed by atoms with Crippen LogP contribution in [-0.4, -0.2) is 23.1 Å². The quantitative estimate of drug-likeness (QED) is 0.869. The predicted octanol–water partition coefficient (Wildman–Crippen LogP) is 4.47. The second-order valence-corrected chi connectivity index (χ2v) is 7.48. The molecule has 0 aliphatic carbocycles. The number of aromatic nitrogens is 2. The van der Waals surface area contributed by atoms with Gasteiger partial charge in [0.2, 0.25) is 5.95 Å². The maximum absolute atomic E-state index is 4.81. The van der Waals surface area contributed by atoms with Crippen LogP contribution in [0.2, 0.25) is 0 Å². The lowest BCUT2D eigenvalue weighted by molar-refractivity contribution is 0.546. The SMILES string of the molecule is Cc1nc(N2CCCCCCC2)ncc1[C@@H](C)NCc1ccsc1. The molecule has 24 heavy (non-hydrogen) atoms. The van der Waals surface area contributed by atoms with Crippen molar-refractivity contribution in [1.82, 2.24) is 15.3 Å². The Morgan fingerprint density at radius 2 is 1.96 bits per heavy atom. The Labute approximate surface area is 149 Å². The minimum Gasteiger partial charge on any atom is -0.341 e. The van der Waals surface area contributed by atoms with E-state index in [-0.39, 0.29) is 6.04 Å². The number of rotatable bonds is 5. The summed E-state index contributed by atoms with van der Waals surface area (Å²) in [6.45, 7) is 7.36. The Kier molecular flexibility index (Phi) is 6.21. The molecule has 0 bridgehead atoms. The van der Waals surface area contributed by atoms with Gasteiger partial charge in [0.15, 0.2) is 0 Å². The highest BCUT2D eigenvalue weighted by Gasteiger charge is 2.15. The number of aryl methyl sites for hydroxylation is 1. The summed E-state index contributed by atoms with van der Waals surface area (Å²) in [6.07, 6.45) is 8.56. The number of nitrogens with one attached hydrogen (secondary N) is 1. The van der Waals surface area contributed by atoms with Gasteiger partial charge < -0.3 is 10.2 Å². The zero-order chi connectivity index (χ0) is 16.8. The van der Waals surface area contributed by atoms with Crippen molar-refractivity contribution in [3.63, 3.8) is 0 Å². The average molecular weight is 345 g/mol. The topological polar surface area (TPSA) is 41.1 Å². The third-order valence-electron chi connectivity index (χ3n) is 4.80. The first-order valence-corrected chi connectivity index (χ1v) is 10.0. The van der Waals surface area contributed by atoms with E-state index in [9.17, 15) is 0 Å². The molecule has 1 fully saturated rings. The molecule has 0 saturated carbocycles. The molecule has 5 heteroatoms. The van der Waals surface area contributed by atoms with Gasteiger partial charge in [-0.3, -0.25) is 0 Å². The van der Waals surface area contributed by atoms with Crippen LogP contribution in [0.5, 0.6) is 0 Å². The normalized spacial score (nSPS) is 17.3. The van der Waals surface area contributed by atoms with Crippen LogP contribution >= 0.6 is 11.3 Å². The molecule has 1 N–H and O–H groups in total. The lowest BCUT2D eigenvalue weighted by Crippen LogP contribution is -2.29. The highest BCUT2D eigenvalue weighted by Crippen LogP contribution is 2.20. The molecule has 0 radical (unpaired) electrons. The fourth-order valence-electron chi connectivity index (χ4n) is 3.26. The van der Waals surface area contributed by atoms with E-state index in [1.54, 1.807) is 11.3 Å². The highest BCUT2D eigenvalue weighted by atomic mass is 32.1. The van der Waals surface area contributed by atoms with Crippen molar-refractivity contribution in [1.29, 1.82) is 0 Å². The van der Waals surface area contributed by atoms with Gasteiger partial charge in [0.25, 0.3) is 0 Å². The fraction of sp³-hybridized carbons (Fsp3) is 0.579. The van der Waals surface area contributed by atoms with Crippen molar-refractivity contribution in [2.75, 3.05) is 18.0 Å². The Bertz CT molecular complexity index is 618. The lowest BCUT2D eigenvalue weighted by atomic mass is 10.1. The number of thiophene rings is 1. The summed E-state index contributed by atoms with van der Waals surface area (Å²) in [5, 5.41) is 7.88. The number of nitrogens with zero attached hydrogens (tertiary/aromatic N) is 3. The molecule has 0 aromatic carbocycles. The third-order valence-corrected chi connectivity index (χ3v) is 5.53. The standard InChI is InChI=1S/C19H28N4S/c1-15(20-12-17-8-11-24-14-17)18-13-21-19(22-16(18)2)23-9-6-4-3-5-7-10-23/h8,11,13-15,20H,3-7,9-10,12H2,1-2H3/t15-/m1/s1. The van der Waals surface area contributed by atoms with E-state index < -0.39 is 0 Å². The molecule has 1 aliphatic rings. The summed E-state index contributed by atoms with van der Waals surface area (Å²) < 4.78 is 0. The van der Waals surface area contributed by atoms with E-state index >= 15 is 0 Å². The number of anilines is 1. The fourth-order valence-corrected chi connectivity index (χ4v) is 3.93. The van der Waals surface area contributed by atoms with E-state index in [4.69, 9.17) is 4.98 Å². The van der Waals surface area contributed by atoms with Gasteiger partial charge in [-0.1, -0.05) is 19.3 Å². The first-order valence-electron chi connectivity index (χ1n) is 9.07. The summed E-state index contributed by atoms with van der Waals surface area (Å²) in [5.74, 6) is 0.906. The maximum Gasteiger partial charge on any atom is 0.225 e. The largest absolute Gasteiger partial charge is 0.341 e. The zero-order valence-electron chi connectivity index (χ0n) is 14.8. The minimum absolute atomic E-state index is 0.256. The van der Waals surface area contributed by atoms with Crippen LogP contribution in [0.4, 0.5) is 5.95 Å². The average Bonchev–Trinajstić information content (AvgIpc) is 3.05. The first-order chi connectivity index (χ1) is 11.7. The molecule has 0 spiro atoms. The van der Waals surface area contributed by atoms with E-state index in [1.807, 2.05) is 6.20 Å².